The van der Waals surface area contributed by atoms with E-state index in [-0.39, 0.29) is 48.7 Å². The molecule has 6 N–H and O–H groups in total. The molecule has 0 saturated heterocycles. The van der Waals surface area contributed by atoms with E-state index in [1.54, 1.807) is 38.1 Å². The van der Waals surface area contributed by atoms with Crippen LogP contribution in [-0.2, 0) is 27.2 Å². The fourth-order valence-corrected chi connectivity index (χ4v) is 3.86. The van der Waals surface area contributed by atoms with Crippen molar-refractivity contribution in [1.82, 2.24) is 16.0 Å². The van der Waals surface area contributed by atoms with Gasteiger partial charge in [0.2, 0.25) is 17.7 Å². The molecule has 3 atom stereocenters. The molecule has 2 aromatic carbocycles. The first-order valence-electron chi connectivity index (χ1n) is 12.5. The SMILES string of the molecule is CC(C)CC(=O)N[C@@H](Cc1ccc(O)cc1)C(=O)N[C@H](C(=O)N[C@@H](CO)Cc1ccc(O)cc1)C(C)C. The summed E-state index contributed by atoms with van der Waals surface area (Å²) in [6, 6.07) is 10.4. The van der Waals surface area contributed by atoms with Gasteiger partial charge in [0.15, 0.2) is 0 Å². The quantitative estimate of drug-likeness (QED) is 0.241. The number of rotatable bonds is 13. The van der Waals surface area contributed by atoms with Gasteiger partial charge in [-0.3, -0.25) is 14.4 Å². The van der Waals surface area contributed by atoms with Crippen LogP contribution in [0.5, 0.6) is 11.5 Å². The van der Waals surface area contributed by atoms with Crippen LogP contribution in [0, 0.1) is 11.8 Å². The molecule has 0 aliphatic heterocycles. The Balaban J connectivity index is 2.13. The summed E-state index contributed by atoms with van der Waals surface area (Å²) in [6.45, 7) is 7.10. The van der Waals surface area contributed by atoms with Crippen LogP contribution in [0.15, 0.2) is 48.5 Å². The average molecular weight is 514 g/mol. The Kier molecular flexibility index (Phi) is 11.4. The van der Waals surface area contributed by atoms with E-state index in [0.29, 0.717) is 6.42 Å². The van der Waals surface area contributed by atoms with Crippen molar-refractivity contribution >= 4 is 17.7 Å². The molecular formula is C28H39N3O6. The Morgan fingerprint density at radius 3 is 1.70 bits per heavy atom. The number of aliphatic hydroxyl groups excluding tert-OH is 1. The van der Waals surface area contributed by atoms with Gasteiger partial charge in [-0.1, -0.05) is 52.0 Å². The van der Waals surface area contributed by atoms with Gasteiger partial charge in [-0.15, -0.1) is 0 Å². The van der Waals surface area contributed by atoms with Gasteiger partial charge in [-0.25, -0.2) is 0 Å². The van der Waals surface area contributed by atoms with Crippen molar-refractivity contribution in [2.45, 2.75) is 65.1 Å². The molecule has 2 aromatic rings. The summed E-state index contributed by atoms with van der Waals surface area (Å²) in [6.07, 6.45) is 0.779. The minimum absolute atomic E-state index is 0.0934. The van der Waals surface area contributed by atoms with E-state index >= 15 is 0 Å². The molecule has 0 spiro atoms. The van der Waals surface area contributed by atoms with Crippen molar-refractivity contribution in [3.05, 3.63) is 59.7 Å². The number of benzene rings is 2. The summed E-state index contributed by atoms with van der Waals surface area (Å²) in [7, 11) is 0. The molecule has 0 aliphatic carbocycles. The third-order valence-electron chi connectivity index (χ3n) is 5.85. The van der Waals surface area contributed by atoms with Crippen molar-refractivity contribution in [2.75, 3.05) is 6.61 Å². The lowest BCUT2D eigenvalue weighted by Crippen LogP contribution is -2.57. The number of aromatic hydroxyl groups is 2. The highest BCUT2D eigenvalue weighted by Crippen LogP contribution is 2.14. The Bertz CT molecular complexity index is 1020. The molecule has 0 aromatic heterocycles. The van der Waals surface area contributed by atoms with Crippen LogP contribution >= 0.6 is 0 Å². The largest absolute Gasteiger partial charge is 0.508 e. The molecule has 0 bridgehead atoms. The van der Waals surface area contributed by atoms with Gasteiger partial charge in [0.1, 0.15) is 23.6 Å². The van der Waals surface area contributed by atoms with Crippen LogP contribution < -0.4 is 16.0 Å². The lowest BCUT2D eigenvalue weighted by atomic mass is 9.99. The number of phenolic OH excluding ortho intramolecular Hbond substituents is 2. The fourth-order valence-electron chi connectivity index (χ4n) is 3.86. The standard InChI is InChI=1S/C28H39N3O6/c1-17(2)13-25(35)30-24(15-20-7-11-23(34)12-8-20)27(36)31-26(18(3)4)28(37)29-21(16-32)14-19-5-9-22(33)10-6-19/h5-12,17-18,21,24,26,32-34H,13-16H2,1-4H3,(H,29,37)(H,30,35)(H,31,36)/t21-,24+,26+/m1/s1. The lowest BCUT2D eigenvalue weighted by molar-refractivity contribution is -0.133. The molecule has 37 heavy (non-hydrogen) atoms. The minimum Gasteiger partial charge on any atom is -0.508 e. The summed E-state index contributed by atoms with van der Waals surface area (Å²) < 4.78 is 0. The first-order valence-corrected chi connectivity index (χ1v) is 12.5. The molecule has 0 radical (unpaired) electrons. The van der Waals surface area contributed by atoms with Crippen LogP contribution in [0.25, 0.3) is 0 Å². The molecule has 0 fully saturated rings. The molecule has 202 valence electrons. The van der Waals surface area contributed by atoms with E-state index < -0.39 is 29.9 Å². The molecule has 0 aliphatic rings. The summed E-state index contributed by atoms with van der Waals surface area (Å²) in [5, 5.41) is 37.2. The van der Waals surface area contributed by atoms with Crippen LogP contribution in [-0.4, -0.2) is 57.8 Å². The maximum absolute atomic E-state index is 13.3. The van der Waals surface area contributed by atoms with Crippen LogP contribution in [0.3, 0.4) is 0 Å². The van der Waals surface area contributed by atoms with E-state index in [1.807, 2.05) is 13.8 Å². The summed E-state index contributed by atoms with van der Waals surface area (Å²) in [4.78, 5) is 38.9. The van der Waals surface area contributed by atoms with Crippen molar-refractivity contribution in [1.29, 1.82) is 0 Å². The molecule has 0 unspecified atom stereocenters. The maximum Gasteiger partial charge on any atom is 0.243 e. The zero-order valence-corrected chi connectivity index (χ0v) is 21.9. The Hall–Kier alpha value is -3.59. The fraction of sp³-hybridized carbons (Fsp3) is 0.464. The predicted octanol–water partition coefficient (Wildman–Crippen LogP) is 2.03. The topological polar surface area (TPSA) is 148 Å². The van der Waals surface area contributed by atoms with Crippen molar-refractivity contribution in [2.24, 2.45) is 11.8 Å². The van der Waals surface area contributed by atoms with E-state index in [2.05, 4.69) is 16.0 Å². The van der Waals surface area contributed by atoms with Gasteiger partial charge >= 0.3 is 0 Å². The highest BCUT2D eigenvalue weighted by Gasteiger charge is 2.30. The smallest absolute Gasteiger partial charge is 0.243 e. The molecule has 2 rings (SSSR count). The Morgan fingerprint density at radius 1 is 0.730 bits per heavy atom. The predicted molar refractivity (Wildman–Crippen MR) is 141 cm³/mol. The third kappa shape index (κ3) is 10.1. The summed E-state index contributed by atoms with van der Waals surface area (Å²) in [5.74, 6) is -1.16. The molecule has 9 heteroatoms. The first kappa shape index (κ1) is 29.6. The number of phenols is 2. The van der Waals surface area contributed by atoms with Crippen molar-refractivity contribution < 1.29 is 29.7 Å². The number of nitrogens with one attached hydrogen (secondary N) is 3. The number of hydrogen-bond acceptors (Lipinski definition) is 6. The monoisotopic (exact) mass is 513 g/mol. The summed E-state index contributed by atoms with van der Waals surface area (Å²) in [5.41, 5.74) is 1.56. The lowest BCUT2D eigenvalue weighted by Gasteiger charge is -2.27. The zero-order chi connectivity index (χ0) is 27.5. The molecule has 9 nitrogen and oxygen atoms in total. The normalized spacial score (nSPS) is 13.6. The number of amides is 3. The van der Waals surface area contributed by atoms with Crippen LogP contribution in [0.4, 0.5) is 0 Å². The van der Waals surface area contributed by atoms with E-state index in [4.69, 9.17) is 0 Å². The number of carbonyl (C=O) groups excluding carboxylic acids is 3. The van der Waals surface area contributed by atoms with Crippen molar-refractivity contribution in [3.8, 4) is 11.5 Å². The Labute approximate surface area is 218 Å². The second kappa shape index (κ2) is 14.2. The maximum atomic E-state index is 13.3. The number of carbonyl (C=O) groups is 3. The Morgan fingerprint density at radius 2 is 1.24 bits per heavy atom. The number of aliphatic hydroxyl groups is 1. The van der Waals surface area contributed by atoms with Gasteiger partial charge in [-0.2, -0.15) is 0 Å². The van der Waals surface area contributed by atoms with Gasteiger partial charge < -0.3 is 31.3 Å². The van der Waals surface area contributed by atoms with E-state index in [0.717, 1.165) is 11.1 Å². The molecule has 3 amide bonds. The average Bonchev–Trinajstić information content (AvgIpc) is 2.83. The van der Waals surface area contributed by atoms with Gasteiger partial charge in [0.05, 0.1) is 12.6 Å². The number of hydrogen-bond donors (Lipinski definition) is 6. The second-order valence-corrected chi connectivity index (χ2v) is 10.1. The second-order valence-electron chi connectivity index (χ2n) is 10.1. The highest BCUT2D eigenvalue weighted by atomic mass is 16.3. The molecular weight excluding hydrogens is 474 g/mol. The van der Waals surface area contributed by atoms with E-state index in [1.165, 1.54) is 24.3 Å². The minimum atomic E-state index is -0.921. The third-order valence-corrected chi connectivity index (χ3v) is 5.85. The van der Waals surface area contributed by atoms with Gasteiger partial charge in [-0.05, 0) is 53.6 Å². The van der Waals surface area contributed by atoms with Crippen molar-refractivity contribution in [3.63, 3.8) is 0 Å². The summed E-state index contributed by atoms with van der Waals surface area (Å²) >= 11 is 0. The first-order chi connectivity index (χ1) is 17.5. The molecule has 0 heterocycles. The van der Waals surface area contributed by atoms with Crippen LogP contribution in [0.1, 0.15) is 45.2 Å². The van der Waals surface area contributed by atoms with E-state index in [9.17, 15) is 29.7 Å². The van der Waals surface area contributed by atoms with Crippen LogP contribution in [0.2, 0.25) is 0 Å². The van der Waals surface area contributed by atoms with Gasteiger partial charge in [0, 0.05) is 12.8 Å². The zero-order valence-electron chi connectivity index (χ0n) is 21.9. The highest BCUT2D eigenvalue weighted by molar-refractivity contribution is 5.92. The molecule has 0 saturated carbocycles. The van der Waals surface area contributed by atoms with Gasteiger partial charge in [0.25, 0.3) is 0 Å².